The van der Waals surface area contributed by atoms with Crippen LogP contribution in [0.4, 0.5) is 0 Å². The van der Waals surface area contributed by atoms with Crippen molar-refractivity contribution >= 4 is 22.8 Å². The predicted molar refractivity (Wildman–Crippen MR) is 95.8 cm³/mol. The number of carbonyl (C=O) groups excluding carboxylic acids is 2. The van der Waals surface area contributed by atoms with E-state index in [1.165, 1.54) is 0 Å². The highest BCUT2D eigenvalue weighted by molar-refractivity contribution is 5.96. The number of aromatic nitrogens is 2. The van der Waals surface area contributed by atoms with Crippen LogP contribution in [0.1, 0.15) is 45.8 Å². The zero-order valence-electron chi connectivity index (χ0n) is 14.6. The number of hydrogen-bond donors (Lipinski definition) is 0. The van der Waals surface area contributed by atoms with Gasteiger partial charge in [0.2, 0.25) is 0 Å². The van der Waals surface area contributed by atoms with Gasteiger partial charge in [-0.1, -0.05) is 12.1 Å². The van der Waals surface area contributed by atoms with E-state index in [0.29, 0.717) is 24.3 Å². The largest absolute Gasteiger partial charge is 0.462 e. The first kappa shape index (κ1) is 16.3. The lowest BCUT2D eigenvalue weighted by Crippen LogP contribution is -2.06. The summed E-state index contributed by atoms with van der Waals surface area (Å²) in [4.78, 5) is 23.9. The van der Waals surface area contributed by atoms with E-state index in [2.05, 4.69) is 5.10 Å². The molecule has 6 heteroatoms. The van der Waals surface area contributed by atoms with Gasteiger partial charge in [0.15, 0.2) is 0 Å². The fraction of sp³-hybridized carbons (Fsp3) is 0.250. The maximum Gasteiger partial charge on any atom is 0.338 e. The van der Waals surface area contributed by atoms with Gasteiger partial charge in [0.05, 0.1) is 41.2 Å². The summed E-state index contributed by atoms with van der Waals surface area (Å²) in [5.41, 5.74) is 4.75. The van der Waals surface area contributed by atoms with Crippen LogP contribution in [0.3, 0.4) is 0 Å². The van der Waals surface area contributed by atoms with E-state index < -0.39 is 0 Å². The van der Waals surface area contributed by atoms with Gasteiger partial charge < -0.3 is 9.47 Å². The molecule has 6 nitrogen and oxygen atoms in total. The summed E-state index contributed by atoms with van der Waals surface area (Å²) in [5, 5.41) is 5.63. The molecule has 26 heavy (non-hydrogen) atoms. The summed E-state index contributed by atoms with van der Waals surface area (Å²) in [6.07, 6.45) is 0.730. The van der Waals surface area contributed by atoms with Gasteiger partial charge in [-0.2, -0.15) is 5.10 Å². The number of carbonyl (C=O) groups is 2. The lowest BCUT2D eigenvalue weighted by molar-refractivity contribution is 0.0517. The number of rotatable bonds is 4. The Labute approximate surface area is 150 Å². The minimum absolute atomic E-state index is 0.334. The highest BCUT2D eigenvalue weighted by Crippen LogP contribution is 2.33. The molecule has 0 saturated carbocycles. The Kier molecular flexibility index (Phi) is 3.95. The van der Waals surface area contributed by atoms with Crippen LogP contribution in [0.5, 0.6) is 0 Å². The van der Waals surface area contributed by atoms with Gasteiger partial charge >= 0.3 is 11.9 Å². The van der Waals surface area contributed by atoms with Crippen molar-refractivity contribution in [3.63, 3.8) is 0 Å². The number of esters is 2. The molecule has 2 aromatic carbocycles. The molecule has 0 spiro atoms. The lowest BCUT2D eigenvalue weighted by atomic mass is 10.1. The summed E-state index contributed by atoms with van der Waals surface area (Å²) >= 11 is 0. The molecule has 4 rings (SSSR count). The van der Waals surface area contributed by atoms with Crippen molar-refractivity contribution in [1.82, 2.24) is 9.78 Å². The third kappa shape index (κ3) is 2.54. The fourth-order valence-electron chi connectivity index (χ4n) is 3.28. The standard InChI is InChI=1S/C20H18N2O4/c1-3-25-19(23)13-7-8-15-16(9-13)21-22-17-11-14(20(24)26-4-2)6-5-12(17)10-18(15)22/h5-9,11H,3-4,10H2,1-2H3. The van der Waals surface area contributed by atoms with Gasteiger partial charge in [0, 0.05) is 11.8 Å². The van der Waals surface area contributed by atoms with E-state index in [0.717, 1.165) is 34.3 Å². The molecule has 0 fully saturated rings. The smallest absolute Gasteiger partial charge is 0.338 e. The van der Waals surface area contributed by atoms with E-state index >= 15 is 0 Å². The minimum Gasteiger partial charge on any atom is -0.462 e. The highest BCUT2D eigenvalue weighted by atomic mass is 16.5. The van der Waals surface area contributed by atoms with Gasteiger partial charge in [-0.15, -0.1) is 0 Å². The Hall–Kier alpha value is -3.15. The van der Waals surface area contributed by atoms with Crippen LogP contribution in [0.25, 0.3) is 16.6 Å². The predicted octanol–water partition coefficient (Wildman–Crippen LogP) is 3.28. The summed E-state index contributed by atoms with van der Waals surface area (Å²) in [5.74, 6) is -0.697. The molecule has 1 aliphatic heterocycles. The zero-order valence-corrected chi connectivity index (χ0v) is 14.6. The van der Waals surface area contributed by atoms with E-state index in [9.17, 15) is 9.59 Å². The number of nitrogens with zero attached hydrogens (tertiary/aromatic N) is 2. The van der Waals surface area contributed by atoms with Crippen molar-refractivity contribution in [2.75, 3.05) is 13.2 Å². The van der Waals surface area contributed by atoms with Gasteiger partial charge in [0.25, 0.3) is 0 Å². The molecule has 0 bridgehead atoms. The second-order valence-electron chi connectivity index (χ2n) is 6.05. The van der Waals surface area contributed by atoms with Crippen molar-refractivity contribution < 1.29 is 19.1 Å². The first-order chi connectivity index (χ1) is 12.6. The highest BCUT2D eigenvalue weighted by Gasteiger charge is 2.24. The number of fused-ring (bicyclic) bond motifs is 5. The van der Waals surface area contributed by atoms with Crippen molar-refractivity contribution in [1.29, 1.82) is 0 Å². The van der Waals surface area contributed by atoms with Crippen LogP contribution in [0.2, 0.25) is 0 Å². The van der Waals surface area contributed by atoms with Crippen molar-refractivity contribution in [2.45, 2.75) is 20.3 Å². The third-order valence-corrected chi connectivity index (χ3v) is 4.47. The van der Waals surface area contributed by atoms with E-state index in [4.69, 9.17) is 9.47 Å². The molecular formula is C20H18N2O4. The van der Waals surface area contributed by atoms with Gasteiger partial charge in [-0.3, -0.25) is 0 Å². The van der Waals surface area contributed by atoms with Gasteiger partial charge in [-0.05, 0) is 43.7 Å². The topological polar surface area (TPSA) is 70.4 Å². The molecule has 0 saturated heterocycles. The van der Waals surface area contributed by atoms with Crippen LogP contribution in [0, 0.1) is 0 Å². The molecular weight excluding hydrogens is 332 g/mol. The zero-order chi connectivity index (χ0) is 18.3. The number of hydrogen-bond acceptors (Lipinski definition) is 5. The van der Waals surface area contributed by atoms with Gasteiger partial charge in [0.1, 0.15) is 0 Å². The maximum absolute atomic E-state index is 12.0. The Morgan fingerprint density at radius 2 is 1.65 bits per heavy atom. The Bertz CT molecular complexity index is 1040. The Morgan fingerprint density at radius 1 is 1.00 bits per heavy atom. The number of benzene rings is 2. The molecule has 3 aromatic rings. The van der Waals surface area contributed by atoms with Gasteiger partial charge in [-0.25, -0.2) is 14.3 Å². The molecule has 0 amide bonds. The lowest BCUT2D eigenvalue weighted by Gasteiger charge is -2.05. The average molecular weight is 350 g/mol. The second kappa shape index (κ2) is 6.29. The van der Waals surface area contributed by atoms with E-state index in [-0.39, 0.29) is 11.9 Å². The fourth-order valence-corrected chi connectivity index (χ4v) is 3.28. The first-order valence-corrected chi connectivity index (χ1v) is 8.61. The summed E-state index contributed by atoms with van der Waals surface area (Å²) < 4.78 is 12.0. The Morgan fingerprint density at radius 3 is 2.35 bits per heavy atom. The van der Waals surface area contributed by atoms with Crippen molar-refractivity contribution in [3.8, 4) is 5.69 Å². The van der Waals surface area contributed by atoms with Crippen molar-refractivity contribution in [2.24, 2.45) is 0 Å². The summed E-state index contributed by atoms with van der Waals surface area (Å²) in [7, 11) is 0. The normalized spacial score (nSPS) is 11.9. The molecule has 0 atom stereocenters. The van der Waals surface area contributed by atoms with Crippen LogP contribution < -0.4 is 0 Å². The van der Waals surface area contributed by atoms with Crippen molar-refractivity contribution in [3.05, 3.63) is 58.8 Å². The van der Waals surface area contributed by atoms with E-state index in [1.807, 2.05) is 22.9 Å². The number of ether oxygens (including phenoxy) is 2. The maximum atomic E-state index is 12.0. The third-order valence-electron chi connectivity index (χ3n) is 4.47. The first-order valence-electron chi connectivity index (χ1n) is 8.61. The van der Waals surface area contributed by atoms with Crippen LogP contribution in [0.15, 0.2) is 36.4 Å². The molecule has 0 aliphatic carbocycles. The molecule has 0 N–H and O–H groups in total. The van der Waals surface area contributed by atoms with Crippen LogP contribution >= 0.6 is 0 Å². The monoisotopic (exact) mass is 350 g/mol. The molecule has 1 aromatic heterocycles. The average Bonchev–Trinajstić information content (AvgIpc) is 3.17. The van der Waals surface area contributed by atoms with E-state index in [1.54, 1.807) is 32.0 Å². The van der Waals surface area contributed by atoms with Crippen LogP contribution in [-0.2, 0) is 15.9 Å². The quantitative estimate of drug-likeness (QED) is 0.528. The Balaban J connectivity index is 1.77. The SMILES string of the molecule is CCOC(=O)c1ccc2c(c1)-n1nc3cc(C(=O)OCC)ccc3c1C2. The molecule has 0 unspecified atom stereocenters. The minimum atomic E-state index is -0.354. The second-order valence-corrected chi connectivity index (χ2v) is 6.05. The molecule has 0 radical (unpaired) electrons. The van der Waals surface area contributed by atoms with Crippen LogP contribution in [-0.4, -0.2) is 34.9 Å². The molecule has 132 valence electrons. The molecule has 2 heterocycles. The summed E-state index contributed by atoms with van der Waals surface area (Å²) in [6, 6.07) is 10.9. The summed E-state index contributed by atoms with van der Waals surface area (Å²) in [6.45, 7) is 4.23. The molecule has 1 aliphatic rings.